The van der Waals surface area contributed by atoms with Crippen molar-refractivity contribution in [2.24, 2.45) is 11.8 Å². The van der Waals surface area contributed by atoms with E-state index in [4.69, 9.17) is 9.47 Å². The number of rotatable bonds is 6. The fourth-order valence-corrected chi connectivity index (χ4v) is 2.84. The molecule has 0 bridgehead atoms. The average Bonchev–Trinajstić information content (AvgIpc) is 2.45. The van der Waals surface area contributed by atoms with Gasteiger partial charge in [-0.05, 0) is 48.9 Å². The summed E-state index contributed by atoms with van der Waals surface area (Å²) in [4.78, 5) is 0. The van der Waals surface area contributed by atoms with E-state index in [0.717, 1.165) is 17.6 Å². The Morgan fingerprint density at radius 1 is 1.10 bits per heavy atom. The van der Waals surface area contributed by atoms with Crippen molar-refractivity contribution in [3.05, 3.63) is 24.3 Å². The van der Waals surface area contributed by atoms with Crippen molar-refractivity contribution in [1.82, 2.24) is 0 Å². The Bertz CT molecular complexity index is 390. The van der Waals surface area contributed by atoms with Crippen molar-refractivity contribution in [3.8, 4) is 5.75 Å². The molecule has 112 valence electrons. The van der Waals surface area contributed by atoms with Crippen molar-refractivity contribution >= 4 is 5.69 Å². The summed E-state index contributed by atoms with van der Waals surface area (Å²) in [6.07, 6.45) is 3.97. The van der Waals surface area contributed by atoms with Crippen molar-refractivity contribution in [3.63, 3.8) is 0 Å². The van der Waals surface area contributed by atoms with Crippen LogP contribution in [0.15, 0.2) is 24.3 Å². The highest BCUT2D eigenvalue weighted by molar-refractivity contribution is 5.47. The summed E-state index contributed by atoms with van der Waals surface area (Å²) in [6, 6.07) is 8.85. The summed E-state index contributed by atoms with van der Waals surface area (Å²) >= 11 is 0. The lowest BCUT2D eigenvalue weighted by Gasteiger charge is -2.34. The molecule has 0 heterocycles. The zero-order valence-corrected chi connectivity index (χ0v) is 12.9. The number of nitrogens with one attached hydrogen (secondary N) is 1. The van der Waals surface area contributed by atoms with Crippen molar-refractivity contribution in [1.29, 1.82) is 0 Å². The van der Waals surface area contributed by atoms with Crippen LogP contribution in [0.1, 0.15) is 33.1 Å². The fraction of sp³-hybridized carbons (Fsp3) is 0.647. The Balaban J connectivity index is 1.86. The summed E-state index contributed by atoms with van der Waals surface area (Å²) < 4.78 is 10.5. The maximum atomic E-state index is 5.58. The minimum atomic E-state index is 0.596. The predicted molar refractivity (Wildman–Crippen MR) is 83.4 cm³/mol. The van der Waals surface area contributed by atoms with Crippen LogP contribution in [0.2, 0.25) is 0 Å². The molecule has 1 aliphatic rings. The molecule has 1 fully saturated rings. The number of hydrogen-bond acceptors (Lipinski definition) is 3. The Morgan fingerprint density at radius 3 is 2.55 bits per heavy atom. The molecular weight excluding hydrogens is 250 g/mol. The third kappa shape index (κ3) is 4.41. The number of anilines is 1. The summed E-state index contributed by atoms with van der Waals surface area (Å²) in [5.41, 5.74) is 1.19. The van der Waals surface area contributed by atoms with Crippen LogP contribution in [0.5, 0.6) is 5.75 Å². The number of methoxy groups -OCH3 is 1. The van der Waals surface area contributed by atoms with E-state index in [0.29, 0.717) is 19.3 Å². The molecule has 3 unspecified atom stereocenters. The second-order valence-electron chi connectivity index (χ2n) is 6.01. The lowest BCUT2D eigenvalue weighted by atomic mass is 9.80. The van der Waals surface area contributed by atoms with Gasteiger partial charge in [0.25, 0.3) is 0 Å². The highest BCUT2D eigenvalue weighted by Gasteiger charge is 2.25. The third-order valence-corrected chi connectivity index (χ3v) is 4.22. The van der Waals surface area contributed by atoms with Gasteiger partial charge in [-0.25, -0.2) is 0 Å². The Morgan fingerprint density at radius 2 is 1.85 bits per heavy atom. The zero-order valence-electron chi connectivity index (χ0n) is 12.9. The molecule has 3 nitrogen and oxygen atoms in total. The van der Waals surface area contributed by atoms with Crippen LogP contribution in [0.3, 0.4) is 0 Å². The van der Waals surface area contributed by atoms with E-state index in [1.807, 2.05) is 12.1 Å². The van der Waals surface area contributed by atoms with Crippen LogP contribution in [-0.4, -0.2) is 26.4 Å². The Labute approximate surface area is 122 Å². The molecule has 0 saturated heterocycles. The summed E-state index contributed by atoms with van der Waals surface area (Å²) in [5.74, 6) is 2.49. The zero-order chi connectivity index (χ0) is 14.4. The lowest BCUT2D eigenvalue weighted by molar-refractivity contribution is 0.146. The van der Waals surface area contributed by atoms with Crippen LogP contribution in [-0.2, 0) is 4.74 Å². The molecule has 1 aromatic rings. The van der Waals surface area contributed by atoms with Gasteiger partial charge in [0.05, 0.1) is 6.61 Å². The molecule has 1 aliphatic carbocycles. The van der Waals surface area contributed by atoms with E-state index in [9.17, 15) is 0 Å². The summed E-state index contributed by atoms with van der Waals surface area (Å²) in [6.45, 7) is 5.93. The molecule has 20 heavy (non-hydrogen) atoms. The van der Waals surface area contributed by atoms with E-state index in [1.165, 1.54) is 24.9 Å². The second-order valence-corrected chi connectivity index (χ2v) is 6.01. The maximum absolute atomic E-state index is 5.58. The van der Waals surface area contributed by atoms with Crippen LogP contribution in [0, 0.1) is 11.8 Å². The van der Waals surface area contributed by atoms with E-state index >= 15 is 0 Å². The molecule has 0 spiro atoms. The van der Waals surface area contributed by atoms with Gasteiger partial charge in [-0.2, -0.15) is 0 Å². The molecule has 3 atom stereocenters. The van der Waals surface area contributed by atoms with Gasteiger partial charge in [0.2, 0.25) is 0 Å². The van der Waals surface area contributed by atoms with Gasteiger partial charge in [-0.15, -0.1) is 0 Å². The SMILES string of the molecule is COCCOc1ccc(NC2CC(C)CCC2C)cc1. The van der Waals surface area contributed by atoms with Crippen LogP contribution in [0.4, 0.5) is 5.69 Å². The first kappa shape index (κ1) is 15.2. The minimum Gasteiger partial charge on any atom is -0.491 e. The normalized spacial score (nSPS) is 26.2. The first-order valence-electron chi connectivity index (χ1n) is 7.67. The van der Waals surface area contributed by atoms with Crippen molar-refractivity contribution in [2.45, 2.75) is 39.2 Å². The largest absolute Gasteiger partial charge is 0.491 e. The molecule has 3 heteroatoms. The topological polar surface area (TPSA) is 30.5 Å². The quantitative estimate of drug-likeness (QED) is 0.799. The monoisotopic (exact) mass is 277 g/mol. The highest BCUT2D eigenvalue weighted by Crippen LogP contribution is 2.30. The predicted octanol–water partition coefficient (Wildman–Crippen LogP) is 3.95. The molecule has 1 N–H and O–H groups in total. The van der Waals surface area contributed by atoms with E-state index in [-0.39, 0.29) is 0 Å². The van der Waals surface area contributed by atoms with Crippen LogP contribution in [0.25, 0.3) is 0 Å². The number of hydrogen-bond donors (Lipinski definition) is 1. The van der Waals surface area contributed by atoms with Gasteiger partial charge in [-0.3, -0.25) is 0 Å². The molecule has 2 rings (SSSR count). The lowest BCUT2D eigenvalue weighted by Crippen LogP contribution is -2.33. The van der Waals surface area contributed by atoms with E-state index in [2.05, 4.69) is 31.3 Å². The first-order chi connectivity index (χ1) is 9.69. The Hall–Kier alpha value is -1.22. The second kappa shape index (κ2) is 7.53. The number of benzene rings is 1. The molecule has 0 aliphatic heterocycles. The molecule has 0 amide bonds. The van der Waals surface area contributed by atoms with Crippen molar-refractivity contribution < 1.29 is 9.47 Å². The molecule has 0 radical (unpaired) electrons. The molecule has 0 aromatic heterocycles. The third-order valence-electron chi connectivity index (χ3n) is 4.22. The summed E-state index contributed by atoms with van der Waals surface area (Å²) in [7, 11) is 1.68. The van der Waals surface area contributed by atoms with Gasteiger partial charge in [0.1, 0.15) is 12.4 Å². The van der Waals surface area contributed by atoms with Gasteiger partial charge < -0.3 is 14.8 Å². The first-order valence-corrected chi connectivity index (χ1v) is 7.67. The fourth-order valence-electron chi connectivity index (χ4n) is 2.84. The van der Waals surface area contributed by atoms with Gasteiger partial charge in [0.15, 0.2) is 0 Å². The molecule has 1 aromatic carbocycles. The van der Waals surface area contributed by atoms with Crippen LogP contribution >= 0.6 is 0 Å². The van der Waals surface area contributed by atoms with Crippen molar-refractivity contribution in [2.75, 3.05) is 25.6 Å². The Kier molecular flexibility index (Phi) is 5.72. The van der Waals surface area contributed by atoms with Crippen LogP contribution < -0.4 is 10.1 Å². The van der Waals surface area contributed by atoms with Gasteiger partial charge in [-0.1, -0.05) is 20.3 Å². The smallest absolute Gasteiger partial charge is 0.119 e. The number of ether oxygens (including phenoxy) is 2. The minimum absolute atomic E-state index is 0.596. The molecular formula is C17H27NO2. The average molecular weight is 277 g/mol. The maximum Gasteiger partial charge on any atom is 0.119 e. The molecule has 1 saturated carbocycles. The van der Waals surface area contributed by atoms with Gasteiger partial charge in [0, 0.05) is 18.8 Å². The standard InChI is InChI=1S/C17H27NO2/c1-13-4-5-14(2)17(12-13)18-15-6-8-16(9-7-15)20-11-10-19-3/h6-9,13-14,17-18H,4-5,10-12H2,1-3H3. The highest BCUT2D eigenvalue weighted by atomic mass is 16.5. The van der Waals surface area contributed by atoms with E-state index < -0.39 is 0 Å². The summed E-state index contributed by atoms with van der Waals surface area (Å²) in [5, 5.41) is 3.68. The van der Waals surface area contributed by atoms with E-state index in [1.54, 1.807) is 7.11 Å². The van der Waals surface area contributed by atoms with Gasteiger partial charge >= 0.3 is 0 Å².